The summed E-state index contributed by atoms with van der Waals surface area (Å²) in [4.78, 5) is 12.4. The molecule has 1 amide bonds. The van der Waals surface area contributed by atoms with Crippen molar-refractivity contribution in [1.82, 2.24) is 10.2 Å². The number of hydrogen-bond donors (Lipinski definition) is 1. The third kappa shape index (κ3) is 6.13. The molecule has 0 bridgehead atoms. The summed E-state index contributed by atoms with van der Waals surface area (Å²) in [6.45, 7) is 6.52. The molecule has 3 aromatic rings. The van der Waals surface area contributed by atoms with Crippen LogP contribution in [0.4, 0.5) is 6.01 Å². The van der Waals surface area contributed by atoms with Crippen molar-refractivity contribution in [2.75, 3.05) is 25.6 Å². The summed E-state index contributed by atoms with van der Waals surface area (Å²) in [5, 5.41) is 19.3. The molecule has 9 nitrogen and oxygen atoms in total. The Morgan fingerprint density at radius 1 is 1.12 bits per heavy atom. The van der Waals surface area contributed by atoms with Gasteiger partial charge in [0.15, 0.2) is 11.5 Å². The maximum atomic E-state index is 12.4. The van der Waals surface area contributed by atoms with Crippen molar-refractivity contribution in [3.05, 3.63) is 64.6 Å². The Morgan fingerprint density at radius 2 is 1.85 bits per heavy atom. The van der Waals surface area contributed by atoms with E-state index >= 15 is 0 Å². The highest BCUT2D eigenvalue weighted by atomic mass is 16.5. The quantitative estimate of drug-likeness (QED) is 0.270. The number of hydrogen-bond acceptors (Lipinski definition) is 8. The van der Waals surface area contributed by atoms with Gasteiger partial charge in [0.05, 0.1) is 7.11 Å². The Labute approximate surface area is 198 Å². The monoisotopic (exact) mass is 462 g/mol. The summed E-state index contributed by atoms with van der Waals surface area (Å²) < 4.78 is 22.3. The molecule has 1 heterocycles. The fourth-order valence-electron chi connectivity index (χ4n) is 3.14. The number of nitriles is 1. The summed E-state index contributed by atoms with van der Waals surface area (Å²) in [5.41, 5.74) is 2.59. The molecule has 2 aromatic carbocycles. The maximum absolute atomic E-state index is 12.4. The van der Waals surface area contributed by atoms with Crippen LogP contribution in [0.15, 0.2) is 46.4 Å². The molecule has 176 valence electrons. The molecule has 1 N–H and O–H groups in total. The number of benzene rings is 2. The lowest BCUT2D eigenvalue weighted by Gasteiger charge is -2.14. The number of carbonyl (C=O) groups is 1. The summed E-state index contributed by atoms with van der Waals surface area (Å²) >= 11 is 0. The number of para-hydroxylation sites is 1. The van der Waals surface area contributed by atoms with Crippen LogP contribution in [-0.4, -0.2) is 36.4 Å². The molecule has 0 unspecified atom stereocenters. The van der Waals surface area contributed by atoms with E-state index in [-0.39, 0.29) is 11.6 Å². The number of aromatic nitrogens is 2. The zero-order valence-electron chi connectivity index (χ0n) is 19.5. The molecule has 0 radical (unpaired) electrons. The molecule has 0 aliphatic carbocycles. The normalized spacial score (nSPS) is 11.0. The highest BCUT2D eigenvalue weighted by Gasteiger charge is 2.14. The second kappa shape index (κ2) is 11.5. The number of aryl methyl sites for hydroxylation is 3. The third-order valence-corrected chi connectivity index (χ3v) is 4.85. The molecule has 0 saturated carbocycles. The number of nitrogens with one attached hydrogen (secondary N) is 1. The number of methoxy groups -OCH3 is 1. The first-order valence-electron chi connectivity index (χ1n) is 10.7. The second-order valence-corrected chi connectivity index (χ2v) is 7.31. The molecule has 0 spiro atoms. The van der Waals surface area contributed by atoms with Gasteiger partial charge < -0.3 is 18.6 Å². The first kappa shape index (κ1) is 24.3. The van der Waals surface area contributed by atoms with Crippen molar-refractivity contribution in [3.63, 3.8) is 0 Å². The summed E-state index contributed by atoms with van der Waals surface area (Å²) in [6.07, 6.45) is 1.97. The lowest BCUT2D eigenvalue weighted by atomic mass is 10.1. The smallest absolute Gasteiger partial charge is 0.322 e. The fraction of sp³-hybridized carbons (Fsp3) is 0.280. The molecule has 0 saturated heterocycles. The van der Waals surface area contributed by atoms with Crippen LogP contribution < -0.4 is 19.5 Å². The first-order valence-corrected chi connectivity index (χ1v) is 10.7. The number of rotatable bonds is 10. The lowest BCUT2D eigenvalue weighted by Crippen LogP contribution is -2.13. The van der Waals surface area contributed by atoms with E-state index in [1.165, 1.54) is 13.2 Å². The second-order valence-electron chi connectivity index (χ2n) is 7.31. The topological polar surface area (TPSA) is 120 Å². The highest BCUT2D eigenvalue weighted by molar-refractivity contribution is 6.08. The minimum atomic E-state index is -0.656. The molecule has 0 aliphatic heterocycles. The Balaban J connectivity index is 1.64. The number of nitrogens with zero attached hydrogens (tertiary/aromatic N) is 3. The largest absolute Gasteiger partial charge is 0.493 e. The highest BCUT2D eigenvalue weighted by Crippen LogP contribution is 2.29. The molecular formula is C25H26N4O5. The molecule has 9 heteroatoms. The van der Waals surface area contributed by atoms with Crippen molar-refractivity contribution in [1.29, 1.82) is 5.26 Å². The SMILES string of the molecule is CCc1nnc(NC(=O)/C(C#N)=C\c2ccc(OCCOc3c(C)cccc3C)c(OC)c2)o1. The number of ether oxygens (including phenoxy) is 3. The van der Waals surface area contributed by atoms with Gasteiger partial charge in [-0.2, -0.15) is 5.26 Å². The van der Waals surface area contributed by atoms with E-state index in [0.717, 1.165) is 16.9 Å². The van der Waals surface area contributed by atoms with Crippen LogP contribution in [0.1, 0.15) is 29.5 Å². The van der Waals surface area contributed by atoms with Gasteiger partial charge in [0.1, 0.15) is 30.6 Å². The minimum Gasteiger partial charge on any atom is -0.493 e. The zero-order valence-corrected chi connectivity index (χ0v) is 19.5. The fourth-order valence-corrected chi connectivity index (χ4v) is 3.14. The molecular weight excluding hydrogens is 436 g/mol. The van der Waals surface area contributed by atoms with Gasteiger partial charge in [-0.15, -0.1) is 5.10 Å². The Hall–Kier alpha value is -4.32. The Morgan fingerprint density at radius 3 is 2.50 bits per heavy atom. The van der Waals surface area contributed by atoms with Gasteiger partial charge in [0.25, 0.3) is 5.91 Å². The van der Waals surface area contributed by atoms with Gasteiger partial charge in [-0.25, -0.2) is 0 Å². The van der Waals surface area contributed by atoms with Crippen LogP contribution >= 0.6 is 0 Å². The van der Waals surface area contributed by atoms with Gasteiger partial charge in [-0.05, 0) is 48.7 Å². The van der Waals surface area contributed by atoms with E-state index in [0.29, 0.717) is 42.6 Å². The average Bonchev–Trinajstić information content (AvgIpc) is 3.29. The molecule has 1 aromatic heterocycles. The lowest BCUT2D eigenvalue weighted by molar-refractivity contribution is -0.112. The molecule has 3 rings (SSSR count). The predicted molar refractivity (Wildman–Crippen MR) is 126 cm³/mol. The summed E-state index contributed by atoms with van der Waals surface area (Å²) in [7, 11) is 1.52. The molecule has 0 aliphatic rings. The van der Waals surface area contributed by atoms with Crippen LogP contribution in [0, 0.1) is 25.2 Å². The van der Waals surface area contributed by atoms with Crippen molar-refractivity contribution in [2.24, 2.45) is 0 Å². The van der Waals surface area contributed by atoms with E-state index in [4.69, 9.17) is 18.6 Å². The Bertz CT molecular complexity index is 1210. The number of carbonyl (C=O) groups excluding carboxylic acids is 1. The summed E-state index contributed by atoms with van der Waals surface area (Å²) in [5.74, 6) is 1.57. The Kier molecular flexibility index (Phi) is 8.24. The molecule has 0 atom stereocenters. The maximum Gasteiger partial charge on any atom is 0.322 e. The van der Waals surface area contributed by atoms with Gasteiger partial charge in [-0.1, -0.05) is 36.3 Å². The molecule has 0 fully saturated rings. The van der Waals surface area contributed by atoms with E-state index < -0.39 is 5.91 Å². The van der Waals surface area contributed by atoms with Crippen LogP contribution in [0.3, 0.4) is 0 Å². The van der Waals surface area contributed by atoms with Crippen LogP contribution in [-0.2, 0) is 11.2 Å². The third-order valence-electron chi connectivity index (χ3n) is 4.85. The average molecular weight is 463 g/mol. The van der Waals surface area contributed by atoms with Gasteiger partial charge >= 0.3 is 6.01 Å². The number of amides is 1. The van der Waals surface area contributed by atoms with E-state index in [1.807, 2.05) is 45.0 Å². The predicted octanol–water partition coefficient (Wildman–Crippen LogP) is 4.26. The van der Waals surface area contributed by atoms with Gasteiger partial charge in [0.2, 0.25) is 5.89 Å². The zero-order chi connectivity index (χ0) is 24.5. The first-order chi connectivity index (χ1) is 16.4. The molecule has 34 heavy (non-hydrogen) atoms. The van der Waals surface area contributed by atoms with Crippen molar-refractivity contribution in [3.8, 4) is 23.3 Å². The minimum absolute atomic E-state index is 0.0626. The van der Waals surface area contributed by atoms with Gasteiger partial charge in [0, 0.05) is 6.42 Å². The van der Waals surface area contributed by atoms with Crippen molar-refractivity contribution < 1.29 is 23.4 Å². The van der Waals surface area contributed by atoms with E-state index in [2.05, 4.69) is 15.5 Å². The standard InChI is InChI=1S/C25H26N4O5/c1-5-22-28-29-25(34-22)27-24(30)19(15-26)13-18-9-10-20(21(14-18)31-4)32-11-12-33-23-16(2)7-6-8-17(23)3/h6-10,13-14H,5,11-12H2,1-4H3,(H,27,29,30)/b19-13-. The van der Waals surface area contributed by atoms with Crippen LogP contribution in [0.2, 0.25) is 0 Å². The van der Waals surface area contributed by atoms with Crippen molar-refractivity contribution >= 4 is 18.0 Å². The van der Waals surface area contributed by atoms with E-state index in [9.17, 15) is 10.1 Å². The van der Waals surface area contributed by atoms with Gasteiger partial charge in [-0.3, -0.25) is 10.1 Å². The summed E-state index contributed by atoms with van der Waals surface area (Å²) in [6, 6.07) is 12.9. The van der Waals surface area contributed by atoms with Crippen LogP contribution in [0.5, 0.6) is 17.2 Å². The van der Waals surface area contributed by atoms with Crippen LogP contribution in [0.25, 0.3) is 6.08 Å². The number of anilines is 1. The van der Waals surface area contributed by atoms with Crippen molar-refractivity contribution in [2.45, 2.75) is 27.2 Å². The van der Waals surface area contributed by atoms with E-state index in [1.54, 1.807) is 18.2 Å².